The Hall–Kier alpha value is -2.83. The van der Waals surface area contributed by atoms with Crippen LogP contribution in [0.2, 0.25) is 5.02 Å². The first-order chi connectivity index (χ1) is 14.9. The summed E-state index contributed by atoms with van der Waals surface area (Å²) in [4.78, 5) is 6.78. The van der Waals surface area contributed by atoms with Crippen molar-refractivity contribution in [2.45, 2.75) is 12.7 Å². The van der Waals surface area contributed by atoms with Gasteiger partial charge in [0, 0.05) is 27.5 Å². The van der Waals surface area contributed by atoms with Crippen LogP contribution in [0, 0.1) is 0 Å². The van der Waals surface area contributed by atoms with Gasteiger partial charge in [-0.05, 0) is 58.8 Å². The summed E-state index contributed by atoms with van der Waals surface area (Å²) in [5, 5.41) is 3.95. The van der Waals surface area contributed by atoms with Crippen molar-refractivity contribution in [3.63, 3.8) is 0 Å². The van der Waals surface area contributed by atoms with Crippen molar-refractivity contribution < 1.29 is 13.2 Å². The van der Waals surface area contributed by atoms with Crippen LogP contribution in [0.1, 0.15) is 16.7 Å². The molecule has 5 rings (SSSR count). The summed E-state index contributed by atoms with van der Waals surface area (Å²) in [6, 6.07) is 18.9. The van der Waals surface area contributed by atoms with Gasteiger partial charge >= 0.3 is 6.18 Å². The fourth-order valence-corrected chi connectivity index (χ4v) is 4.98. The maximum absolute atomic E-state index is 13.1. The van der Waals surface area contributed by atoms with Crippen LogP contribution >= 0.6 is 22.9 Å². The minimum absolute atomic E-state index is 0.300. The normalized spacial score (nSPS) is 15.1. The highest BCUT2D eigenvalue weighted by atomic mass is 35.5. The number of fused-ring (bicyclic) bond motifs is 2. The van der Waals surface area contributed by atoms with Crippen molar-refractivity contribution in [1.29, 1.82) is 0 Å². The molecule has 0 amide bonds. The Balaban J connectivity index is 1.50. The van der Waals surface area contributed by atoms with E-state index in [1.807, 2.05) is 42.5 Å². The number of nitrogens with zero attached hydrogens (tertiary/aromatic N) is 2. The van der Waals surface area contributed by atoms with E-state index in [9.17, 15) is 13.2 Å². The van der Waals surface area contributed by atoms with Gasteiger partial charge in [-0.25, -0.2) is 0 Å². The molecule has 1 aliphatic rings. The highest BCUT2D eigenvalue weighted by Crippen LogP contribution is 2.36. The Kier molecular flexibility index (Phi) is 4.99. The van der Waals surface area contributed by atoms with E-state index < -0.39 is 11.7 Å². The van der Waals surface area contributed by atoms with Crippen molar-refractivity contribution in [2.24, 2.45) is 4.99 Å². The SMILES string of the molecule is FC(F)(F)c1cccc(N=C2CN(Cc3csc4ccc(Cl)cc34)c3ccccc32)c1. The van der Waals surface area contributed by atoms with Crippen molar-refractivity contribution in [3.8, 4) is 0 Å². The van der Waals surface area contributed by atoms with Gasteiger partial charge in [-0.1, -0.05) is 35.9 Å². The molecule has 0 unspecified atom stereocenters. The van der Waals surface area contributed by atoms with Gasteiger partial charge in [-0.15, -0.1) is 11.3 Å². The van der Waals surface area contributed by atoms with Crippen LogP contribution in [0.15, 0.2) is 77.1 Å². The first-order valence-corrected chi connectivity index (χ1v) is 10.9. The number of alkyl halides is 3. The molecule has 0 radical (unpaired) electrons. The monoisotopic (exact) mass is 456 g/mol. The number of thiophene rings is 1. The van der Waals surface area contributed by atoms with E-state index in [0.29, 0.717) is 23.8 Å². The second-order valence-electron chi connectivity index (χ2n) is 7.38. The standard InChI is InChI=1S/C24H16ClF3N2S/c25-17-8-9-23-20(11-17)15(14-31-23)12-30-13-21(19-6-1-2-7-22(19)30)29-18-5-3-4-16(10-18)24(26,27)28/h1-11,14H,12-13H2. The van der Waals surface area contributed by atoms with E-state index in [2.05, 4.69) is 15.3 Å². The third kappa shape index (κ3) is 3.93. The molecule has 156 valence electrons. The lowest BCUT2D eigenvalue weighted by Gasteiger charge is -2.18. The van der Waals surface area contributed by atoms with Gasteiger partial charge in [0.2, 0.25) is 0 Å². The van der Waals surface area contributed by atoms with Gasteiger partial charge in [0.05, 0.1) is 23.5 Å². The van der Waals surface area contributed by atoms with Crippen molar-refractivity contribution in [1.82, 2.24) is 0 Å². The first kappa shape index (κ1) is 20.1. The molecule has 2 heterocycles. The van der Waals surface area contributed by atoms with Crippen LogP contribution in [0.4, 0.5) is 24.5 Å². The average molecular weight is 457 g/mol. The molecule has 0 saturated carbocycles. The van der Waals surface area contributed by atoms with Crippen LogP contribution < -0.4 is 4.90 Å². The zero-order chi connectivity index (χ0) is 21.6. The predicted molar refractivity (Wildman–Crippen MR) is 122 cm³/mol. The molecule has 1 aromatic heterocycles. The van der Waals surface area contributed by atoms with Crippen LogP contribution in [0.3, 0.4) is 0 Å². The minimum atomic E-state index is -4.39. The Labute approximate surface area is 186 Å². The fourth-order valence-electron chi connectivity index (χ4n) is 3.87. The van der Waals surface area contributed by atoms with Crippen molar-refractivity contribution >= 4 is 50.1 Å². The van der Waals surface area contributed by atoms with Gasteiger partial charge in [-0.3, -0.25) is 4.99 Å². The summed E-state index contributed by atoms with van der Waals surface area (Å²) in [6.45, 7) is 1.19. The topological polar surface area (TPSA) is 15.6 Å². The molecule has 4 aromatic rings. The van der Waals surface area contributed by atoms with Gasteiger partial charge in [0.15, 0.2) is 0 Å². The number of para-hydroxylation sites is 1. The smallest absolute Gasteiger partial charge is 0.361 e. The van der Waals surface area contributed by atoms with E-state index >= 15 is 0 Å². The van der Waals surface area contributed by atoms with Crippen molar-refractivity contribution in [3.05, 3.63) is 93.8 Å². The molecule has 0 bridgehead atoms. The van der Waals surface area contributed by atoms with Gasteiger partial charge in [0.25, 0.3) is 0 Å². The van der Waals surface area contributed by atoms with Gasteiger partial charge in [-0.2, -0.15) is 13.2 Å². The number of hydrogen-bond donors (Lipinski definition) is 0. The fraction of sp³-hybridized carbons (Fsp3) is 0.125. The van der Waals surface area contributed by atoms with E-state index in [1.165, 1.54) is 10.8 Å². The lowest BCUT2D eigenvalue weighted by atomic mass is 10.1. The molecule has 31 heavy (non-hydrogen) atoms. The predicted octanol–water partition coefficient (Wildman–Crippen LogP) is 7.71. The summed E-state index contributed by atoms with van der Waals surface area (Å²) in [5.41, 5.74) is 3.49. The number of benzene rings is 3. The highest BCUT2D eigenvalue weighted by molar-refractivity contribution is 7.17. The average Bonchev–Trinajstić information content (AvgIpc) is 3.29. The number of rotatable bonds is 3. The maximum Gasteiger partial charge on any atom is 0.416 e. The third-order valence-electron chi connectivity index (χ3n) is 5.31. The van der Waals surface area contributed by atoms with Crippen molar-refractivity contribution in [2.75, 3.05) is 11.4 Å². The number of hydrogen-bond acceptors (Lipinski definition) is 3. The Morgan fingerprint density at radius 3 is 2.68 bits per heavy atom. The lowest BCUT2D eigenvalue weighted by molar-refractivity contribution is -0.137. The molecule has 0 atom stereocenters. The molecule has 7 heteroatoms. The van der Waals surface area contributed by atoms with Crippen LogP contribution in [0.25, 0.3) is 10.1 Å². The number of anilines is 1. The van der Waals surface area contributed by atoms with Crippen LogP contribution in [-0.4, -0.2) is 12.3 Å². The number of halogens is 4. The molecule has 0 spiro atoms. The van der Waals surface area contributed by atoms with E-state index in [1.54, 1.807) is 17.4 Å². The largest absolute Gasteiger partial charge is 0.416 e. The minimum Gasteiger partial charge on any atom is -0.361 e. The first-order valence-electron chi connectivity index (χ1n) is 9.63. The summed E-state index contributed by atoms with van der Waals surface area (Å²) in [7, 11) is 0. The summed E-state index contributed by atoms with van der Waals surface area (Å²) < 4.78 is 40.4. The second-order valence-corrected chi connectivity index (χ2v) is 8.73. The molecule has 3 aromatic carbocycles. The zero-order valence-corrected chi connectivity index (χ0v) is 17.7. The summed E-state index contributed by atoms with van der Waals surface area (Å²) >= 11 is 7.87. The Morgan fingerprint density at radius 2 is 1.84 bits per heavy atom. The molecule has 0 fully saturated rings. The highest BCUT2D eigenvalue weighted by Gasteiger charge is 2.31. The molecule has 1 aliphatic heterocycles. The molecule has 0 N–H and O–H groups in total. The molecular weight excluding hydrogens is 441 g/mol. The number of aliphatic imine (C=N–C) groups is 1. The zero-order valence-electron chi connectivity index (χ0n) is 16.2. The maximum atomic E-state index is 13.1. The van der Waals surface area contributed by atoms with E-state index in [4.69, 9.17) is 11.6 Å². The van der Waals surface area contributed by atoms with Crippen LogP contribution in [0.5, 0.6) is 0 Å². The third-order valence-corrected chi connectivity index (χ3v) is 6.56. The molecular formula is C24H16ClF3N2S. The molecule has 2 nitrogen and oxygen atoms in total. The van der Waals surface area contributed by atoms with Gasteiger partial charge in [0.1, 0.15) is 0 Å². The van der Waals surface area contributed by atoms with Crippen LogP contribution in [-0.2, 0) is 12.7 Å². The molecule has 0 saturated heterocycles. The summed E-state index contributed by atoms with van der Waals surface area (Å²) in [6.07, 6.45) is -4.39. The second kappa shape index (κ2) is 7.70. The quantitative estimate of drug-likeness (QED) is 0.308. The van der Waals surface area contributed by atoms with E-state index in [-0.39, 0.29) is 0 Å². The van der Waals surface area contributed by atoms with E-state index in [0.717, 1.165) is 40.0 Å². The molecule has 0 aliphatic carbocycles. The lowest BCUT2D eigenvalue weighted by Crippen LogP contribution is -2.22. The summed E-state index contributed by atoms with van der Waals surface area (Å²) in [5.74, 6) is 0. The Morgan fingerprint density at radius 1 is 1.00 bits per heavy atom. The Bertz CT molecular complexity index is 1310. The van der Waals surface area contributed by atoms with Gasteiger partial charge < -0.3 is 4.90 Å².